The third kappa shape index (κ3) is 4.55. The van der Waals surface area contributed by atoms with Gasteiger partial charge in [0.1, 0.15) is 0 Å². The summed E-state index contributed by atoms with van der Waals surface area (Å²) in [5, 5.41) is 6.46. The van der Waals surface area contributed by atoms with Crippen LogP contribution in [0.3, 0.4) is 0 Å². The van der Waals surface area contributed by atoms with Crippen LogP contribution in [0.15, 0.2) is 47.2 Å². The molecule has 5 heteroatoms. The Kier molecular flexibility index (Phi) is 5.28. The molecule has 4 nitrogen and oxygen atoms in total. The van der Waals surface area contributed by atoms with Gasteiger partial charge in [-0.15, -0.1) is 0 Å². The number of carbonyl (C=O) groups is 1. The second-order valence-corrected chi connectivity index (χ2v) is 6.82. The molecule has 0 unspecified atom stereocenters. The average molecular weight is 374 g/mol. The lowest BCUT2D eigenvalue weighted by atomic mass is 9.95. The zero-order valence-corrected chi connectivity index (χ0v) is 14.5. The minimum Gasteiger partial charge on any atom is -0.382 e. The van der Waals surface area contributed by atoms with Crippen LogP contribution in [-0.4, -0.2) is 16.9 Å². The van der Waals surface area contributed by atoms with Crippen molar-refractivity contribution in [2.75, 3.05) is 10.6 Å². The highest BCUT2D eigenvalue weighted by molar-refractivity contribution is 9.10. The highest BCUT2D eigenvalue weighted by atomic mass is 79.9. The number of nitrogens with one attached hydrogen (secondary N) is 2. The number of aromatic nitrogens is 1. The van der Waals surface area contributed by atoms with E-state index in [1.165, 1.54) is 32.1 Å². The summed E-state index contributed by atoms with van der Waals surface area (Å²) in [6.07, 6.45) is 9.68. The summed E-state index contributed by atoms with van der Waals surface area (Å²) in [6.45, 7) is 0. The lowest BCUT2D eigenvalue weighted by Crippen LogP contribution is -2.22. The second kappa shape index (κ2) is 7.59. The van der Waals surface area contributed by atoms with Crippen molar-refractivity contribution in [2.24, 2.45) is 0 Å². The smallest absolute Gasteiger partial charge is 0.257 e. The average Bonchev–Trinajstić information content (AvgIpc) is 2.57. The largest absolute Gasteiger partial charge is 0.382 e. The summed E-state index contributed by atoms with van der Waals surface area (Å²) in [4.78, 5) is 16.2. The lowest BCUT2D eigenvalue weighted by Gasteiger charge is -2.23. The molecule has 1 aliphatic rings. The Morgan fingerprint density at radius 3 is 2.43 bits per heavy atom. The number of anilines is 2. The number of amides is 1. The minimum atomic E-state index is -0.160. The Morgan fingerprint density at radius 1 is 1.04 bits per heavy atom. The Balaban J connectivity index is 1.59. The molecule has 120 valence electrons. The Bertz CT molecular complexity index is 666. The molecule has 1 aromatic heterocycles. The van der Waals surface area contributed by atoms with Crippen molar-refractivity contribution in [1.82, 2.24) is 4.98 Å². The van der Waals surface area contributed by atoms with Crippen molar-refractivity contribution >= 4 is 33.2 Å². The topological polar surface area (TPSA) is 54.0 Å². The first kappa shape index (κ1) is 16.0. The molecule has 1 amide bonds. The van der Waals surface area contributed by atoms with Crippen molar-refractivity contribution in [3.63, 3.8) is 0 Å². The van der Waals surface area contributed by atoms with Crippen molar-refractivity contribution in [1.29, 1.82) is 0 Å². The standard InChI is InChI=1S/C18H20BrN3O/c19-14-10-13(11-20-12-14)18(23)22-17-8-6-16(7-9-17)21-15-4-2-1-3-5-15/h6-12,15,21H,1-5H2,(H,22,23). The molecule has 0 atom stereocenters. The van der Waals surface area contributed by atoms with Gasteiger partial charge in [-0.1, -0.05) is 19.3 Å². The van der Waals surface area contributed by atoms with Gasteiger partial charge < -0.3 is 10.6 Å². The van der Waals surface area contributed by atoms with Gasteiger partial charge in [0.25, 0.3) is 5.91 Å². The highest BCUT2D eigenvalue weighted by Crippen LogP contribution is 2.22. The molecule has 1 saturated carbocycles. The number of pyridine rings is 1. The molecule has 0 saturated heterocycles. The van der Waals surface area contributed by atoms with Crippen LogP contribution in [-0.2, 0) is 0 Å². The van der Waals surface area contributed by atoms with E-state index >= 15 is 0 Å². The maximum absolute atomic E-state index is 12.2. The highest BCUT2D eigenvalue weighted by Gasteiger charge is 2.13. The monoisotopic (exact) mass is 373 g/mol. The van der Waals surface area contributed by atoms with Gasteiger partial charge in [0.2, 0.25) is 0 Å². The summed E-state index contributed by atoms with van der Waals surface area (Å²) in [7, 11) is 0. The molecule has 0 radical (unpaired) electrons. The van der Waals surface area contributed by atoms with E-state index < -0.39 is 0 Å². The fourth-order valence-corrected chi connectivity index (χ4v) is 3.24. The van der Waals surface area contributed by atoms with Crippen LogP contribution in [0.1, 0.15) is 42.5 Å². The van der Waals surface area contributed by atoms with Crippen molar-refractivity contribution in [3.8, 4) is 0 Å². The third-order valence-corrected chi connectivity index (χ3v) is 4.52. The van der Waals surface area contributed by atoms with E-state index in [1.807, 2.05) is 24.3 Å². The number of hydrogen-bond donors (Lipinski definition) is 2. The van der Waals surface area contributed by atoms with Crippen molar-refractivity contribution in [3.05, 3.63) is 52.8 Å². The number of carbonyl (C=O) groups excluding carboxylic acids is 1. The van der Waals surface area contributed by atoms with E-state index in [1.54, 1.807) is 18.5 Å². The molecule has 1 fully saturated rings. The molecule has 2 aromatic rings. The summed E-state index contributed by atoms with van der Waals surface area (Å²) in [5.74, 6) is -0.160. The molecule has 1 heterocycles. The van der Waals surface area contributed by atoms with E-state index in [2.05, 4.69) is 31.5 Å². The van der Waals surface area contributed by atoms with Gasteiger partial charge in [0.05, 0.1) is 5.56 Å². The predicted octanol–water partition coefficient (Wildman–Crippen LogP) is 4.84. The van der Waals surface area contributed by atoms with Crippen molar-refractivity contribution < 1.29 is 4.79 Å². The number of nitrogens with zero attached hydrogens (tertiary/aromatic N) is 1. The molecule has 23 heavy (non-hydrogen) atoms. The molecule has 1 aromatic carbocycles. The third-order valence-electron chi connectivity index (χ3n) is 4.09. The normalized spacial score (nSPS) is 15.2. The second-order valence-electron chi connectivity index (χ2n) is 5.90. The summed E-state index contributed by atoms with van der Waals surface area (Å²) >= 11 is 3.32. The molecule has 0 spiro atoms. The quantitative estimate of drug-likeness (QED) is 0.805. The van der Waals surface area contributed by atoms with Gasteiger partial charge in [-0.05, 0) is 59.1 Å². The minimum absolute atomic E-state index is 0.160. The number of hydrogen-bond acceptors (Lipinski definition) is 3. The summed E-state index contributed by atoms with van der Waals surface area (Å²) in [5.41, 5.74) is 2.42. The molecule has 0 bridgehead atoms. The van der Waals surface area contributed by atoms with E-state index in [0.717, 1.165) is 15.8 Å². The van der Waals surface area contributed by atoms with Crippen LogP contribution in [0.4, 0.5) is 11.4 Å². The van der Waals surface area contributed by atoms with Crippen LogP contribution in [0.2, 0.25) is 0 Å². The molecule has 3 rings (SSSR count). The maximum Gasteiger partial charge on any atom is 0.257 e. The molecular weight excluding hydrogens is 354 g/mol. The van der Waals surface area contributed by atoms with Crippen LogP contribution in [0, 0.1) is 0 Å². The van der Waals surface area contributed by atoms with Gasteiger partial charge in [-0.2, -0.15) is 0 Å². The van der Waals surface area contributed by atoms with Gasteiger partial charge in [0, 0.05) is 34.3 Å². The number of halogens is 1. The van der Waals surface area contributed by atoms with Crippen LogP contribution in [0.25, 0.3) is 0 Å². The van der Waals surface area contributed by atoms with Gasteiger partial charge in [-0.3, -0.25) is 9.78 Å². The zero-order chi connectivity index (χ0) is 16.1. The van der Waals surface area contributed by atoms with Gasteiger partial charge >= 0.3 is 0 Å². The first-order valence-electron chi connectivity index (χ1n) is 7.99. The Labute approximate surface area is 144 Å². The molecular formula is C18H20BrN3O. The molecule has 0 aliphatic heterocycles. The van der Waals surface area contributed by atoms with Gasteiger partial charge in [0.15, 0.2) is 0 Å². The summed E-state index contributed by atoms with van der Waals surface area (Å²) < 4.78 is 0.789. The van der Waals surface area contributed by atoms with Crippen molar-refractivity contribution in [2.45, 2.75) is 38.1 Å². The maximum atomic E-state index is 12.2. The van der Waals surface area contributed by atoms with Crippen LogP contribution >= 0.6 is 15.9 Å². The summed E-state index contributed by atoms with van der Waals surface area (Å²) in [6, 6.07) is 10.2. The fourth-order valence-electron chi connectivity index (χ4n) is 2.87. The molecule has 1 aliphatic carbocycles. The lowest BCUT2D eigenvalue weighted by molar-refractivity contribution is 0.102. The Morgan fingerprint density at radius 2 is 1.74 bits per heavy atom. The SMILES string of the molecule is O=C(Nc1ccc(NC2CCCCC2)cc1)c1cncc(Br)c1. The zero-order valence-electron chi connectivity index (χ0n) is 12.9. The fraction of sp³-hybridized carbons (Fsp3) is 0.333. The van der Waals surface area contributed by atoms with Gasteiger partial charge in [-0.25, -0.2) is 0 Å². The molecule has 2 N–H and O–H groups in total. The number of rotatable bonds is 4. The van der Waals surface area contributed by atoms with Crippen LogP contribution < -0.4 is 10.6 Å². The van der Waals surface area contributed by atoms with E-state index in [-0.39, 0.29) is 5.91 Å². The number of benzene rings is 1. The van der Waals surface area contributed by atoms with E-state index in [0.29, 0.717) is 11.6 Å². The van der Waals surface area contributed by atoms with Crippen LogP contribution in [0.5, 0.6) is 0 Å². The predicted molar refractivity (Wildman–Crippen MR) is 96.8 cm³/mol. The Hall–Kier alpha value is -1.88. The first-order chi connectivity index (χ1) is 11.2. The van der Waals surface area contributed by atoms with E-state index in [4.69, 9.17) is 0 Å². The van der Waals surface area contributed by atoms with E-state index in [9.17, 15) is 4.79 Å². The first-order valence-corrected chi connectivity index (χ1v) is 8.78.